The van der Waals surface area contributed by atoms with E-state index in [2.05, 4.69) is 35.1 Å². The van der Waals surface area contributed by atoms with Gasteiger partial charge in [-0.05, 0) is 60.3 Å². The molecule has 0 radical (unpaired) electrons. The number of nitrogens with zero attached hydrogens (tertiary/aromatic N) is 1. The van der Waals surface area contributed by atoms with Crippen molar-refractivity contribution in [2.24, 2.45) is 5.92 Å². The zero-order chi connectivity index (χ0) is 15.4. The van der Waals surface area contributed by atoms with Crippen molar-refractivity contribution in [1.29, 1.82) is 0 Å². The van der Waals surface area contributed by atoms with Crippen LogP contribution in [0.5, 0.6) is 0 Å². The van der Waals surface area contributed by atoms with Gasteiger partial charge in [0.05, 0.1) is 5.56 Å². The first-order valence-electron chi connectivity index (χ1n) is 7.76. The van der Waals surface area contributed by atoms with Crippen LogP contribution in [-0.2, 0) is 0 Å². The van der Waals surface area contributed by atoms with Crippen LogP contribution in [0.1, 0.15) is 42.6 Å². The van der Waals surface area contributed by atoms with Crippen LogP contribution in [0.4, 0.5) is 0 Å². The molecule has 1 aromatic rings. The van der Waals surface area contributed by atoms with Gasteiger partial charge in [0.1, 0.15) is 0 Å². The molecule has 0 aliphatic carbocycles. The van der Waals surface area contributed by atoms with Crippen molar-refractivity contribution in [3.05, 3.63) is 33.8 Å². The average Bonchev–Trinajstić information content (AvgIpc) is 2.92. The maximum absolute atomic E-state index is 12.9. The van der Waals surface area contributed by atoms with Crippen molar-refractivity contribution >= 4 is 21.8 Å². The highest BCUT2D eigenvalue weighted by atomic mass is 79.9. The largest absolute Gasteiger partial charge is 0.337 e. The Hall–Kier alpha value is -0.870. The first-order chi connectivity index (χ1) is 9.97. The Morgan fingerprint density at radius 2 is 2.24 bits per heavy atom. The first kappa shape index (κ1) is 16.5. The number of carbonyl (C=O) groups is 1. The third-order valence-electron chi connectivity index (χ3n) is 3.83. The van der Waals surface area contributed by atoms with Crippen LogP contribution < -0.4 is 5.32 Å². The summed E-state index contributed by atoms with van der Waals surface area (Å²) >= 11 is 3.52. The lowest BCUT2D eigenvalue weighted by Crippen LogP contribution is -2.43. The van der Waals surface area contributed by atoms with Crippen LogP contribution in [0, 0.1) is 12.8 Å². The van der Waals surface area contributed by atoms with Crippen molar-refractivity contribution in [3.8, 4) is 0 Å². The smallest absolute Gasteiger partial charge is 0.255 e. The molecule has 1 heterocycles. The maximum atomic E-state index is 12.9. The zero-order valence-electron chi connectivity index (χ0n) is 13.2. The lowest BCUT2D eigenvalue weighted by atomic mass is 10.1. The Morgan fingerprint density at radius 3 is 2.86 bits per heavy atom. The van der Waals surface area contributed by atoms with E-state index in [0.717, 1.165) is 41.7 Å². The lowest BCUT2D eigenvalue weighted by Gasteiger charge is -2.28. The third-order valence-corrected chi connectivity index (χ3v) is 4.52. The molecule has 1 aliphatic heterocycles. The second-order valence-electron chi connectivity index (χ2n) is 6.38. The van der Waals surface area contributed by atoms with Crippen LogP contribution in [0.2, 0.25) is 0 Å². The minimum Gasteiger partial charge on any atom is -0.337 e. The van der Waals surface area contributed by atoms with Crippen molar-refractivity contribution in [2.75, 3.05) is 19.6 Å². The standard InChI is InChI=1S/C17H25BrN2O/c1-12(2)10-20(11-14-5-4-8-19-14)17(21)15-9-13(3)6-7-16(15)18/h6-7,9,12,14,19H,4-5,8,10-11H2,1-3H3. The minimum atomic E-state index is 0.132. The van der Waals surface area contributed by atoms with Crippen molar-refractivity contribution in [1.82, 2.24) is 10.2 Å². The summed E-state index contributed by atoms with van der Waals surface area (Å²) < 4.78 is 0.881. The van der Waals surface area contributed by atoms with Gasteiger partial charge in [-0.15, -0.1) is 0 Å². The van der Waals surface area contributed by atoms with Crippen LogP contribution in [0.25, 0.3) is 0 Å². The SMILES string of the molecule is Cc1ccc(Br)c(C(=O)N(CC(C)C)CC2CCCN2)c1. The first-order valence-corrected chi connectivity index (χ1v) is 8.55. The Morgan fingerprint density at radius 1 is 1.48 bits per heavy atom. The van der Waals surface area contributed by atoms with Crippen LogP contribution in [0.3, 0.4) is 0 Å². The summed E-state index contributed by atoms with van der Waals surface area (Å²) in [6, 6.07) is 6.40. The Labute approximate surface area is 136 Å². The van der Waals surface area contributed by atoms with Crippen molar-refractivity contribution in [2.45, 2.75) is 39.7 Å². The van der Waals surface area contributed by atoms with Gasteiger partial charge in [-0.25, -0.2) is 0 Å². The van der Waals surface area contributed by atoms with Gasteiger partial charge in [-0.1, -0.05) is 25.5 Å². The zero-order valence-corrected chi connectivity index (χ0v) is 14.7. The second-order valence-corrected chi connectivity index (χ2v) is 7.23. The van der Waals surface area contributed by atoms with Gasteiger partial charge in [0.2, 0.25) is 0 Å². The van der Waals surface area contributed by atoms with Crippen LogP contribution in [0.15, 0.2) is 22.7 Å². The fourth-order valence-corrected chi connectivity index (χ4v) is 3.25. The molecule has 0 spiro atoms. The summed E-state index contributed by atoms with van der Waals surface area (Å²) in [6.45, 7) is 9.02. The van der Waals surface area contributed by atoms with E-state index in [4.69, 9.17) is 0 Å². The third kappa shape index (κ3) is 4.55. The molecule has 21 heavy (non-hydrogen) atoms. The number of benzene rings is 1. The Balaban J connectivity index is 2.17. The molecular weight excluding hydrogens is 328 g/mol. The molecule has 0 saturated carbocycles. The molecule has 1 aromatic carbocycles. The summed E-state index contributed by atoms with van der Waals surface area (Å²) in [5.74, 6) is 0.604. The number of carbonyl (C=O) groups excluding carboxylic acids is 1. The van der Waals surface area contributed by atoms with E-state index in [9.17, 15) is 4.79 Å². The Bertz CT molecular complexity index is 496. The van der Waals surface area contributed by atoms with Gasteiger partial charge in [0, 0.05) is 23.6 Å². The molecular formula is C17H25BrN2O. The molecule has 1 atom stereocenters. The number of halogens is 1. The molecule has 116 valence electrons. The molecule has 0 bridgehead atoms. The predicted octanol–water partition coefficient (Wildman–Crippen LogP) is 3.61. The summed E-state index contributed by atoms with van der Waals surface area (Å²) in [6.07, 6.45) is 2.37. The predicted molar refractivity (Wildman–Crippen MR) is 90.6 cm³/mol. The summed E-state index contributed by atoms with van der Waals surface area (Å²) in [5.41, 5.74) is 1.89. The van der Waals surface area contributed by atoms with Gasteiger partial charge in [0.25, 0.3) is 5.91 Å². The Kier molecular flexibility index (Phi) is 5.82. The van der Waals surface area contributed by atoms with Gasteiger partial charge >= 0.3 is 0 Å². The molecule has 1 unspecified atom stereocenters. The molecule has 1 aliphatic rings. The summed E-state index contributed by atoms with van der Waals surface area (Å²) in [4.78, 5) is 14.9. The molecule has 1 saturated heterocycles. The molecule has 4 heteroatoms. The fraction of sp³-hybridized carbons (Fsp3) is 0.588. The van der Waals surface area contributed by atoms with Gasteiger partial charge < -0.3 is 10.2 Å². The van der Waals surface area contributed by atoms with E-state index in [1.54, 1.807) is 0 Å². The highest BCUT2D eigenvalue weighted by molar-refractivity contribution is 9.10. The van der Waals surface area contributed by atoms with E-state index < -0.39 is 0 Å². The summed E-state index contributed by atoms with van der Waals surface area (Å²) in [7, 11) is 0. The van der Waals surface area contributed by atoms with E-state index in [-0.39, 0.29) is 5.91 Å². The quantitative estimate of drug-likeness (QED) is 0.877. The number of hydrogen-bond donors (Lipinski definition) is 1. The number of rotatable bonds is 5. The summed E-state index contributed by atoms with van der Waals surface area (Å²) in [5, 5.41) is 3.49. The topological polar surface area (TPSA) is 32.3 Å². The monoisotopic (exact) mass is 352 g/mol. The van der Waals surface area contributed by atoms with E-state index in [0.29, 0.717) is 12.0 Å². The number of amides is 1. The molecule has 3 nitrogen and oxygen atoms in total. The van der Waals surface area contributed by atoms with E-state index >= 15 is 0 Å². The van der Waals surface area contributed by atoms with Gasteiger partial charge in [-0.2, -0.15) is 0 Å². The molecule has 1 fully saturated rings. The van der Waals surface area contributed by atoms with Crippen molar-refractivity contribution in [3.63, 3.8) is 0 Å². The minimum absolute atomic E-state index is 0.132. The average molecular weight is 353 g/mol. The lowest BCUT2D eigenvalue weighted by molar-refractivity contribution is 0.0720. The van der Waals surface area contributed by atoms with E-state index in [1.807, 2.05) is 30.0 Å². The van der Waals surface area contributed by atoms with E-state index in [1.165, 1.54) is 6.42 Å². The van der Waals surface area contributed by atoms with Crippen LogP contribution in [-0.4, -0.2) is 36.5 Å². The normalized spacial score (nSPS) is 18.2. The van der Waals surface area contributed by atoms with Gasteiger partial charge in [-0.3, -0.25) is 4.79 Å². The fourth-order valence-electron chi connectivity index (χ4n) is 2.83. The number of aryl methyl sites for hydroxylation is 1. The van der Waals surface area contributed by atoms with Gasteiger partial charge in [0.15, 0.2) is 0 Å². The molecule has 2 rings (SSSR count). The van der Waals surface area contributed by atoms with Crippen molar-refractivity contribution < 1.29 is 4.79 Å². The van der Waals surface area contributed by atoms with Crippen LogP contribution >= 0.6 is 15.9 Å². The number of hydrogen-bond acceptors (Lipinski definition) is 2. The highest BCUT2D eigenvalue weighted by Gasteiger charge is 2.24. The maximum Gasteiger partial charge on any atom is 0.255 e. The second kappa shape index (κ2) is 7.41. The number of nitrogens with one attached hydrogen (secondary N) is 1. The molecule has 0 aromatic heterocycles. The highest BCUT2D eigenvalue weighted by Crippen LogP contribution is 2.21. The molecule has 1 amide bonds. The molecule has 1 N–H and O–H groups in total.